The van der Waals surface area contributed by atoms with Gasteiger partial charge in [-0.15, -0.1) is 0 Å². The third-order valence-corrected chi connectivity index (χ3v) is 8.65. The van der Waals surface area contributed by atoms with Gasteiger partial charge >= 0.3 is 0 Å². The molecule has 11 heteroatoms. The van der Waals surface area contributed by atoms with Crippen molar-refractivity contribution in [3.63, 3.8) is 0 Å². The largest absolute Gasteiger partial charge is 0.340 e. The second kappa shape index (κ2) is 12.5. The zero-order valence-electron chi connectivity index (χ0n) is 23.9. The van der Waals surface area contributed by atoms with Crippen molar-refractivity contribution in [3.8, 4) is 0 Å². The van der Waals surface area contributed by atoms with E-state index in [1.54, 1.807) is 0 Å². The minimum absolute atomic E-state index is 0.112. The Hall–Kier alpha value is -3.54. The Kier molecular flexibility index (Phi) is 8.86. The lowest BCUT2D eigenvalue weighted by Gasteiger charge is -2.40. The van der Waals surface area contributed by atoms with E-state index in [0.717, 1.165) is 51.7 Å². The lowest BCUT2D eigenvalue weighted by atomic mass is 10.0. The molecular formula is C30H39N7O3S. The van der Waals surface area contributed by atoms with E-state index < -0.39 is 9.84 Å². The van der Waals surface area contributed by atoms with E-state index in [2.05, 4.69) is 97.2 Å². The zero-order valence-corrected chi connectivity index (χ0v) is 24.8. The van der Waals surface area contributed by atoms with Crippen molar-refractivity contribution in [1.29, 1.82) is 0 Å². The van der Waals surface area contributed by atoms with E-state index in [1.165, 1.54) is 34.2 Å². The second-order valence-corrected chi connectivity index (χ2v) is 13.2. The molecule has 2 aromatic carbocycles. The third kappa shape index (κ3) is 6.69. The molecule has 0 atom stereocenters. The fourth-order valence-electron chi connectivity index (χ4n) is 5.77. The number of benzene rings is 2. The number of fused-ring (bicyclic) bond motifs is 3. The minimum atomic E-state index is -3.45. The van der Waals surface area contributed by atoms with Gasteiger partial charge in [-0.25, -0.2) is 23.9 Å². The van der Waals surface area contributed by atoms with Gasteiger partial charge < -0.3 is 14.4 Å². The molecule has 1 aliphatic rings. The number of aliphatic imine (C=N–C) groups is 1. The molecule has 3 heterocycles. The summed E-state index contributed by atoms with van der Waals surface area (Å²) in [6, 6.07) is 17.5. The first-order valence-electron chi connectivity index (χ1n) is 14.2. The minimum Gasteiger partial charge on any atom is -0.340 e. The first-order chi connectivity index (χ1) is 19.7. The number of hydroxylamine groups is 1. The molecule has 41 heavy (non-hydrogen) atoms. The summed E-state index contributed by atoms with van der Waals surface area (Å²) in [5, 5.41) is 12.5. The van der Waals surface area contributed by atoms with Gasteiger partial charge in [-0.2, -0.15) is 4.99 Å². The van der Waals surface area contributed by atoms with E-state index in [9.17, 15) is 13.6 Å². The molecular weight excluding hydrogens is 538 g/mol. The van der Waals surface area contributed by atoms with Gasteiger partial charge in [-0.3, -0.25) is 5.21 Å². The number of nitrogens with one attached hydrogen (secondary N) is 1. The molecule has 1 aliphatic heterocycles. The quantitative estimate of drug-likeness (QED) is 0.170. The average Bonchev–Trinajstić information content (AvgIpc) is 3.29. The molecule has 5 rings (SSSR count). The molecule has 2 aromatic heterocycles. The molecule has 0 aliphatic carbocycles. The highest BCUT2D eigenvalue weighted by atomic mass is 32.2. The molecule has 218 valence electrons. The number of aromatic nitrogens is 3. The number of sulfone groups is 1. The van der Waals surface area contributed by atoms with Crippen molar-refractivity contribution in [2.24, 2.45) is 10.9 Å². The standard InChI is InChI=1S/C30H39N7O3S/c1-22(2)21-37(30(34-38)33-28-19-32-29(20-31-28)41(3,39)40)23-13-17-35(18-14-23)15-8-16-36-26-11-6-4-9-24(26)25-10-5-7-12-27(25)36/h4-7,9-12,19-20,22-23,38H,8,13-18,21H2,1-3H3,(H,31,33,34). The number of hydrogen-bond donors (Lipinski definition) is 2. The van der Waals surface area contributed by atoms with Crippen LogP contribution in [0.5, 0.6) is 0 Å². The molecule has 0 radical (unpaired) electrons. The molecule has 10 nitrogen and oxygen atoms in total. The second-order valence-electron chi connectivity index (χ2n) is 11.2. The van der Waals surface area contributed by atoms with E-state index in [0.29, 0.717) is 18.4 Å². The number of aryl methyl sites for hydroxylation is 1. The predicted octanol–water partition coefficient (Wildman–Crippen LogP) is 4.47. The van der Waals surface area contributed by atoms with Crippen molar-refractivity contribution in [2.45, 2.75) is 50.7 Å². The molecule has 0 unspecified atom stereocenters. The summed E-state index contributed by atoms with van der Waals surface area (Å²) in [7, 11) is -3.45. The number of para-hydroxylation sites is 2. The number of rotatable bonds is 9. The average molecular weight is 578 g/mol. The van der Waals surface area contributed by atoms with E-state index in [1.807, 2.05) is 0 Å². The summed E-state index contributed by atoms with van der Waals surface area (Å²) in [4.78, 5) is 17.2. The Labute approximate surface area is 241 Å². The Balaban J connectivity index is 1.22. The van der Waals surface area contributed by atoms with Crippen LogP contribution in [0.3, 0.4) is 0 Å². The zero-order chi connectivity index (χ0) is 29.0. The maximum atomic E-state index is 11.7. The van der Waals surface area contributed by atoms with Crippen LogP contribution in [-0.4, -0.2) is 82.4 Å². The van der Waals surface area contributed by atoms with Gasteiger partial charge in [0.15, 0.2) is 20.7 Å². The number of nitrogens with zero attached hydrogens (tertiary/aromatic N) is 6. The fourth-order valence-corrected chi connectivity index (χ4v) is 6.26. The van der Waals surface area contributed by atoms with Crippen molar-refractivity contribution in [3.05, 3.63) is 60.9 Å². The highest BCUT2D eigenvalue weighted by molar-refractivity contribution is 7.90. The van der Waals surface area contributed by atoms with Gasteiger partial charge in [-0.1, -0.05) is 50.2 Å². The topological polar surface area (TPSA) is 116 Å². The Morgan fingerprint density at radius 2 is 1.66 bits per heavy atom. The SMILES string of the molecule is CC(C)CN(/C(=N/c1cnc(S(C)(=O)=O)cn1)NO)C1CCN(CCCn2c3ccccc3c3ccccc32)CC1. The van der Waals surface area contributed by atoms with Crippen molar-refractivity contribution >= 4 is 43.4 Å². The highest BCUT2D eigenvalue weighted by Gasteiger charge is 2.28. The van der Waals surface area contributed by atoms with E-state index >= 15 is 0 Å². The normalized spacial score (nSPS) is 15.7. The highest BCUT2D eigenvalue weighted by Crippen LogP contribution is 2.29. The summed E-state index contributed by atoms with van der Waals surface area (Å²) in [5.41, 5.74) is 4.84. The third-order valence-electron chi connectivity index (χ3n) is 7.68. The van der Waals surface area contributed by atoms with Crippen LogP contribution in [-0.2, 0) is 16.4 Å². The van der Waals surface area contributed by atoms with E-state index in [4.69, 9.17) is 0 Å². The summed E-state index contributed by atoms with van der Waals surface area (Å²) >= 11 is 0. The predicted molar refractivity (Wildman–Crippen MR) is 162 cm³/mol. The van der Waals surface area contributed by atoms with Crippen LogP contribution >= 0.6 is 0 Å². The van der Waals surface area contributed by atoms with Gasteiger partial charge in [0.05, 0.1) is 12.4 Å². The monoisotopic (exact) mass is 577 g/mol. The summed E-state index contributed by atoms with van der Waals surface area (Å²) in [6.07, 6.45) is 6.54. The molecule has 0 saturated carbocycles. The van der Waals surface area contributed by atoms with Crippen LogP contribution < -0.4 is 5.48 Å². The lowest BCUT2D eigenvalue weighted by Crippen LogP contribution is -2.52. The summed E-state index contributed by atoms with van der Waals surface area (Å²) < 4.78 is 25.9. The number of piperidine rings is 1. The molecule has 0 amide bonds. The molecule has 2 N–H and O–H groups in total. The van der Waals surface area contributed by atoms with Gasteiger partial charge in [0.2, 0.25) is 5.96 Å². The molecule has 0 bridgehead atoms. The number of guanidine groups is 1. The number of hydrogen-bond acceptors (Lipinski definition) is 7. The van der Waals surface area contributed by atoms with Gasteiger partial charge in [0, 0.05) is 60.3 Å². The van der Waals surface area contributed by atoms with Crippen LogP contribution in [0, 0.1) is 5.92 Å². The van der Waals surface area contributed by atoms with E-state index in [-0.39, 0.29) is 16.9 Å². The number of likely N-dealkylation sites (tertiary alicyclic amines) is 1. The van der Waals surface area contributed by atoms with Crippen LogP contribution in [0.1, 0.15) is 33.1 Å². The molecule has 0 spiro atoms. The maximum Gasteiger partial charge on any atom is 0.225 e. The molecule has 1 fully saturated rings. The van der Waals surface area contributed by atoms with Gasteiger partial charge in [0.25, 0.3) is 0 Å². The smallest absolute Gasteiger partial charge is 0.225 e. The Morgan fingerprint density at radius 3 is 2.20 bits per heavy atom. The lowest BCUT2D eigenvalue weighted by molar-refractivity contribution is 0.127. The van der Waals surface area contributed by atoms with Crippen LogP contribution in [0.25, 0.3) is 21.8 Å². The van der Waals surface area contributed by atoms with Crippen molar-refractivity contribution in [2.75, 3.05) is 32.4 Å². The molecule has 1 saturated heterocycles. The Morgan fingerprint density at radius 1 is 1.02 bits per heavy atom. The summed E-state index contributed by atoms with van der Waals surface area (Å²) in [6.45, 7) is 8.90. The van der Waals surface area contributed by atoms with Gasteiger partial charge in [-0.05, 0) is 43.9 Å². The summed E-state index contributed by atoms with van der Waals surface area (Å²) in [5.74, 6) is 0.867. The van der Waals surface area contributed by atoms with Crippen LogP contribution in [0.4, 0.5) is 5.82 Å². The van der Waals surface area contributed by atoms with Crippen LogP contribution in [0.15, 0.2) is 70.9 Å². The maximum absolute atomic E-state index is 11.7. The van der Waals surface area contributed by atoms with Crippen molar-refractivity contribution < 1.29 is 13.6 Å². The first-order valence-corrected chi connectivity index (χ1v) is 16.1. The van der Waals surface area contributed by atoms with Crippen molar-refractivity contribution in [1.82, 2.24) is 29.8 Å². The Bertz CT molecular complexity index is 1560. The first kappa shape index (κ1) is 29.0. The fraction of sp³-hybridized carbons (Fsp3) is 0.433. The van der Waals surface area contributed by atoms with Gasteiger partial charge in [0.1, 0.15) is 0 Å². The van der Waals surface area contributed by atoms with Crippen LogP contribution in [0.2, 0.25) is 0 Å². The molecule has 4 aromatic rings.